The maximum atomic E-state index is 14.2. The largest absolute Gasteiger partial charge is 0.461 e. The summed E-state index contributed by atoms with van der Waals surface area (Å²) in [5.74, 6) is -8.34. The fourth-order valence-corrected chi connectivity index (χ4v) is 6.44. The molecule has 292 valence electrons. The van der Waals surface area contributed by atoms with E-state index in [0.717, 1.165) is 29.2 Å². The Balaban J connectivity index is 1.66. The van der Waals surface area contributed by atoms with Gasteiger partial charge in [0.25, 0.3) is 0 Å². The number of carbonyl (C=O) groups excluding carboxylic acids is 8. The first kappa shape index (κ1) is 41.1. The zero-order chi connectivity index (χ0) is 39.7. The average Bonchev–Trinajstić information content (AvgIpc) is 3.83. The summed E-state index contributed by atoms with van der Waals surface area (Å²) in [6.45, 7) is 5.70. The quantitative estimate of drug-likeness (QED) is 0.170. The lowest BCUT2D eigenvalue weighted by Crippen LogP contribution is -2.60. The Morgan fingerprint density at radius 2 is 1.59 bits per heavy atom. The highest BCUT2D eigenvalue weighted by Crippen LogP contribution is 2.23. The minimum absolute atomic E-state index is 0.0512. The number of ether oxygens (including phenoxy) is 2. The summed E-state index contributed by atoms with van der Waals surface area (Å²) in [5, 5.41) is 7.41. The number of nitrogens with one attached hydrogen (secondary N) is 3. The van der Waals surface area contributed by atoms with E-state index in [1.165, 1.54) is 36.8 Å². The molecule has 3 heterocycles. The third-order valence-corrected chi connectivity index (χ3v) is 9.38. The summed E-state index contributed by atoms with van der Waals surface area (Å²) in [6.07, 6.45) is 3.62. The van der Waals surface area contributed by atoms with Crippen molar-refractivity contribution in [1.82, 2.24) is 30.7 Å². The van der Waals surface area contributed by atoms with Crippen LogP contribution in [0.2, 0.25) is 0 Å². The Morgan fingerprint density at radius 1 is 0.963 bits per heavy atom. The fraction of sp³-hybridized carbons (Fsp3) is 0.500. The van der Waals surface area contributed by atoms with E-state index in [0.29, 0.717) is 18.9 Å². The molecule has 4 rings (SSSR count). The third-order valence-electron chi connectivity index (χ3n) is 9.38. The van der Waals surface area contributed by atoms with E-state index < -0.39 is 108 Å². The predicted octanol–water partition coefficient (Wildman–Crippen LogP) is -0.347. The molecule has 6 amide bonds. The van der Waals surface area contributed by atoms with Gasteiger partial charge in [0.1, 0.15) is 61.1 Å². The lowest BCUT2D eigenvalue weighted by atomic mass is 10.0. The van der Waals surface area contributed by atoms with Gasteiger partial charge in [-0.05, 0) is 57.2 Å². The van der Waals surface area contributed by atoms with Gasteiger partial charge in [0.15, 0.2) is 0 Å². The van der Waals surface area contributed by atoms with Crippen LogP contribution in [0.4, 0.5) is 8.78 Å². The number of hydrogen-bond donors (Lipinski definition) is 3. The first-order valence-corrected chi connectivity index (χ1v) is 17.5. The molecule has 3 aliphatic heterocycles. The maximum Gasteiger partial charge on any atom is 0.331 e. The molecule has 0 radical (unpaired) electrons. The zero-order valence-corrected chi connectivity index (χ0v) is 30.2. The molecule has 0 saturated carbocycles. The van der Waals surface area contributed by atoms with Crippen molar-refractivity contribution < 1.29 is 56.6 Å². The molecule has 0 aliphatic carbocycles. The molecular formula is C36H44F2N6O10. The summed E-state index contributed by atoms with van der Waals surface area (Å²) in [4.78, 5) is 110. The highest BCUT2D eigenvalue weighted by Gasteiger charge is 2.43. The number of cyclic esters (lactones) is 1. The number of hydrogen-bond acceptors (Lipinski definition) is 10. The molecule has 3 aliphatic rings. The van der Waals surface area contributed by atoms with Crippen LogP contribution in [0.5, 0.6) is 0 Å². The van der Waals surface area contributed by atoms with Crippen LogP contribution in [0.15, 0.2) is 43.0 Å². The number of rotatable bonds is 9. The Kier molecular flexibility index (Phi) is 14.0. The van der Waals surface area contributed by atoms with Crippen molar-refractivity contribution in [2.45, 2.75) is 82.2 Å². The number of amides is 6. The molecule has 54 heavy (non-hydrogen) atoms. The molecular weight excluding hydrogens is 714 g/mol. The zero-order valence-electron chi connectivity index (χ0n) is 30.2. The van der Waals surface area contributed by atoms with Crippen molar-refractivity contribution in [2.75, 3.05) is 33.4 Å². The van der Waals surface area contributed by atoms with Gasteiger partial charge in [0, 0.05) is 44.8 Å². The number of benzene rings is 1. The van der Waals surface area contributed by atoms with Gasteiger partial charge in [-0.15, -0.1) is 0 Å². The van der Waals surface area contributed by atoms with Crippen LogP contribution in [0.3, 0.4) is 0 Å². The van der Waals surface area contributed by atoms with Gasteiger partial charge in [0.2, 0.25) is 35.4 Å². The predicted molar refractivity (Wildman–Crippen MR) is 184 cm³/mol. The normalized spacial score (nSPS) is 24.7. The van der Waals surface area contributed by atoms with E-state index in [-0.39, 0.29) is 38.1 Å². The second-order valence-electron chi connectivity index (χ2n) is 13.2. The van der Waals surface area contributed by atoms with Crippen molar-refractivity contribution in [3.8, 4) is 0 Å². The van der Waals surface area contributed by atoms with Crippen LogP contribution in [0.25, 0.3) is 0 Å². The smallest absolute Gasteiger partial charge is 0.331 e. The molecule has 3 saturated heterocycles. The standard InChI is InChI=1S/C36H44F2N6O10/c1-5-14-53-30(46)11-10-29(45)40-25(17-22-15-23(37)18-24(38)16-22)32(48)41-26-19-54-36(52)28-9-7-13-44(28)33(49)20(2)39-31(47)21(3)42(4)35(51)27-8-6-12-43(27)34(26)50/h5,10-11,15-16,18,20-21,25-28H,1,6-9,12-14,17,19H2,2-4H3,(H,39,47)(H,40,45)(H,41,48)/b11-10+/t20-,21-,25-,26-,27-,28-/m0/s1. The van der Waals surface area contributed by atoms with Crippen molar-refractivity contribution in [3.05, 3.63) is 60.2 Å². The number of carbonyl (C=O) groups is 8. The minimum atomic E-state index is -1.65. The van der Waals surface area contributed by atoms with Crippen molar-refractivity contribution in [2.24, 2.45) is 0 Å². The number of halogens is 2. The maximum absolute atomic E-state index is 14.2. The number of fused-ring (bicyclic) bond motifs is 2. The topological polar surface area (TPSA) is 201 Å². The van der Waals surface area contributed by atoms with Crippen LogP contribution in [0, 0.1) is 11.6 Å². The van der Waals surface area contributed by atoms with E-state index in [1.54, 1.807) is 0 Å². The van der Waals surface area contributed by atoms with Gasteiger partial charge < -0.3 is 40.1 Å². The molecule has 0 unspecified atom stereocenters. The molecule has 6 atom stereocenters. The Hall–Kier alpha value is -5.68. The van der Waals surface area contributed by atoms with Crippen LogP contribution in [0.1, 0.15) is 45.1 Å². The lowest BCUT2D eigenvalue weighted by Gasteiger charge is -2.34. The van der Waals surface area contributed by atoms with E-state index in [4.69, 9.17) is 9.47 Å². The second-order valence-corrected chi connectivity index (χ2v) is 13.2. The fourth-order valence-electron chi connectivity index (χ4n) is 6.44. The van der Waals surface area contributed by atoms with E-state index in [1.807, 2.05) is 0 Å². The Morgan fingerprint density at radius 3 is 2.24 bits per heavy atom. The first-order valence-electron chi connectivity index (χ1n) is 17.5. The molecule has 1 aromatic carbocycles. The second kappa shape index (κ2) is 18.4. The summed E-state index contributed by atoms with van der Waals surface area (Å²) in [6, 6.07) is -5.00. The summed E-state index contributed by atoms with van der Waals surface area (Å²) in [7, 11) is 1.39. The molecule has 0 bridgehead atoms. The monoisotopic (exact) mass is 758 g/mol. The number of nitrogens with zero attached hydrogens (tertiary/aromatic N) is 3. The SMILES string of the molecule is C=CCOC(=O)/C=C/C(=O)N[C@@H](Cc1cc(F)cc(F)c1)C(=O)N[C@H]1COC(=O)[C@@H]2CCCN2C(=O)[C@H](C)NC(=O)[C@H](C)N(C)C(=O)[C@@H]2CCCN2C1=O. The molecule has 0 spiro atoms. The van der Waals surface area contributed by atoms with Crippen LogP contribution in [-0.2, 0) is 54.3 Å². The van der Waals surface area contributed by atoms with Crippen LogP contribution >= 0.6 is 0 Å². The number of likely N-dealkylation sites (N-methyl/N-ethyl adjacent to an activating group) is 1. The Bertz CT molecular complexity index is 1680. The molecule has 16 nitrogen and oxygen atoms in total. The Labute approximate surface area is 310 Å². The minimum Gasteiger partial charge on any atom is -0.461 e. The van der Waals surface area contributed by atoms with Crippen molar-refractivity contribution >= 4 is 47.4 Å². The third kappa shape index (κ3) is 10.3. The van der Waals surface area contributed by atoms with Crippen molar-refractivity contribution in [3.63, 3.8) is 0 Å². The van der Waals surface area contributed by atoms with E-state index >= 15 is 0 Å². The average molecular weight is 759 g/mol. The highest BCUT2D eigenvalue weighted by atomic mass is 19.1. The molecule has 3 fully saturated rings. The van der Waals surface area contributed by atoms with Gasteiger partial charge in [0.05, 0.1) is 0 Å². The highest BCUT2D eigenvalue weighted by molar-refractivity contribution is 5.99. The van der Waals surface area contributed by atoms with Crippen LogP contribution < -0.4 is 16.0 Å². The van der Waals surface area contributed by atoms with Crippen LogP contribution in [-0.4, -0.2) is 132 Å². The molecule has 1 aromatic rings. The molecule has 0 aromatic heterocycles. The molecule has 3 N–H and O–H groups in total. The molecule has 18 heteroatoms. The van der Waals surface area contributed by atoms with Crippen molar-refractivity contribution in [1.29, 1.82) is 0 Å². The summed E-state index contributed by atoms with van der Waals surface area (Å²) in [5.41, 5.74) is -0.0512. The van der Waals surface area contributed by atoms with Gasteiger partial charge in [-0.2, -0.15) is 0 Å². The number of esters is 2. The first-order chi connectivity index (χ1) is 25.6. The summed E-state index contributed by atoms with van der Waals surface area (Å²) >= 11 is 0. The summed E-state index contributed by atoms with van der Waals surface area (Å²) < 4.78 is 38.6. The van der Waals surface area contributed by atoms with Gasteiger partial charge >= 0.3 is 11.9 Å². The van der Waals surface area contributed by atoms with Gasteiger partial charge in [-0.1, -0.05) is 12.7 Å². The van der Waals surface area contributed by atoms with E-state index in [2.05, 4.69) is 22.5 Å². The van der Waals surface area contributed by atoms with E-state index in [9.17, 15) is 47.1 Å². The lowest BCUT2D eigenvalue weighted by molar-refractivity contribution is -0.158. The van der Waals surface area contributed by atoms with Gasteiger partial charge in [-0.25, -0.2) is 18.4 Å². The van der Waals surface area contributed by atoms with Gasteiger partial charge in [-0.3, -0.25) is 28.8 Å².